The summed E-state index contributed by atoms with van der Waals surface area (Å²) in [6, 6.07) is 0. The molecule has 0 aliphatic carbocycles. The molecule has 18 heavy (non-hydrogen) atoms. The lowest BCUT2D eigenvalue weighted by Gasteiger charge is -2.12. The number of carbonyl (C=O) groups excluding carboxylic acids is 3. The predicted molar refractivity (Wildman–Crippen MR) is 70.6 cm³/mol. The molecule has 1 saturated heterocycles. The number of hydrogen-bond donors (Lipinski definition) is 0. The number of nitrogens with zero attached hydrogens (tertiary/aromatic N) is 1. The SMILES string of the molecule is CSS#CC(C)CCC(=O)ON1C(=O)CCC1=O. The van der Waals surface area contributed by atoms with E-state index in [0.717, 1.165) is 0 Å². The van der Waals surface area contributed by atoms with Gasteiger partial charge in [-0.3, -0.25) is 9.59 Å². The first kappa shape index (κ1) is 15.0. The molecule has 1 heterocycles. The van der Waals surface area contributed by atoms with Gasteiger partial charge in [0.1, 0.15) is 0 Å². The van der Waals surface area contributed by atoms with Crippen molar-refractivity contribution in [2.75, 3.05) is 6.26 Å². The predicted octanol–water partition coefficient (Wildman–Crippen LogP) is 1.98. The van der Waals surface area contributed by atoms with E-state index in [1.165, 1.54) is 10.2 Å². The minimum Gasteiger partial charge on any atom is -0.330 e. The lowest BCUT2D eigenvalue weighted by molar-refractivity contribution is -0.197. The summed E-state index contributed by atoms with van der Waals surface area (Å²) in [7, 11) is 3.08. The molecule has 0 N–H and O–H groups in total. The Morgan fingerprint density at radius 1 is 1.44 bits per heavy atom. The average Bonchev–Trinajstić information content (AvgIpc) is 2.65. The van der Waals surface area contributed by atoms with Crippen molar-refractivity contribution in [2.45, 2.75) is 32.6 Å². The monoisotopic (exact) mass is 289 g/mol. The van der Waals surface area contributed by atoms with E-state index in [2.05, 4.69) is 5.18 Å². The molecule has 0 aromatic heterocycles. The quantitative estimate of drug-likeness (QED) is 0.585. The van der Waals surface area contributed by atoms with E-state index in [9.17, 15) is 14.4 Å². The van der Waals surface area contributed by atoms with Gasteiger partial charge in [-0.2, -0.15) is 0 Å². The molecular weight excluding hydrogens is 274 g/mol. The zero-order valence-electron chi connectivity index (χ0n) is 10.3. The summed E-state index contributed by atoms with van der Waals surface area (Å²) in [5.41, 5.74) is 0. The van der Waals surface area contributed by atoms with Gasteiger partial charge in [-0.15, -0.1) is 5.06 Å². The Kier molecular flexibility index (Phi) is 6.18. The molecule has 7 heteroatoms. The second-order valence-electron chi connectivity index (χ2n) is 3.85. The first-order valence-electron chi connectivity index (χ1n) is 5.56. The number of hydroxylamine groups is 2. The minimum absolute atomic E-state index is 0.119. The Labute approximate surface area is 113 Å². The maximum absolute atomic E-state index is 11.5. The summed E-state index contributed by atoms with van der Waals surface area (Å²) in [4.78, 5) is 38.6. The topological polar surface area (TPSA) is 63.7 Å². The van der Waals surface area contributed by atoms with Gasteiger partial charge in [-0.25, -0.2) is 4.79 Å². The van der Waals surface area contributed by atoms with Crippen molar-refractivity contribution in [2.24, 2.45) is 5.92 Å². The molecule has 1 unspecified atom stereocenters. The van der Waals surface area contributed by atoms with Crippen LogP contribution in [0.15, 0.2) is 0 Å². The Bertz CT molecular complexity index is 397. The Morgan fingerprint density at radius 2 is 2.06 bits per heavy atom. The third kappa shape index (κ3) is 4.68. The van der Waals surface area contributed by atoms with Crippen molar-refractivity contribution >= 4 is 38.8 Å². The third-order valence-electron chi connectivity index (χ3n) is 2.31. The van der Waals surface area contributed by atoms with Crippen LogP contribution in [0.1, 0.15) is 32.6 Å². The summed E-state index contributed by atoms with van der Waals surface area (Å²) < 4.78 is 0. The standard InChI is InChI=1S/C11H15NO4S2/c1-8(7-18-17-2)3-6-11(15)16-12-9(13)4-5-10(12)14/h8H,3-6H2,1-2H3. The summed E-state index contributed by atoms with van der Waals surface area (Å²) in [6.45, 7) is 1.95. The van der Waals surface area contributed by atoms with E-state index < -0.39 is 17.8 Å². The van der Waals surface area contributed by atoms with Crippen LogP contribution in [0.4, 0.5) is 0 Å². The molecule has 0 aromatic carbocycles. The number of amides is 2. The Balaban J connectivity index is 2.34. The molecule has 100 valence electrons. The minimum atomic E-state index is -0.554. The number of hydrogen-bond acceptors (Lipinski definition) is 5. The van der Waals surface area contributed by atoms with Crippen molar-refractivity contribution in [3.05, 3.63) is 0 Å². The molecule has 5 nitrogen and oxygen atoms in total. The van der Waals surface area contributed by atoms with Gasteiger partial charge in [0.15, 0.2) is 0 Å². The normalized spacial score (nSPS) is 16.4. The van der Waals surface area contributed by atoms with E-state index in [0.29, 0.717) is 11.5 Å². The van der Waals surface area contributed by atoms with Gasteiger partial charge in [0.05, 0.1) is 0 Å². The van der Waals surface area contributed by atoms with Crippen LogP contribution < -0.4 is 0 Å². The van der Waals surface area contributed by atoms with Crippen LogP contribution in [0.5, 0.6) is 0 Å². The van der Waals surface area contributed by atoms with Crippen LogP contribution in [0, 0.1) is 11.1 Å². The largest absolute Gasteiger partial charge is 0.333 e. The smallest absolute Gasteiger partial charge is 0.330 e. The van der Waals surface area contributed by atoms with Gasteiger partial charge in [0.25, 0.3) is 11.8 Å². The molecule has 0 saturated carbocycles. The highest BCUT2D eigenvalue weighted by atomic mass is 33.1. The Morgan fingerprint density at radius 3 is 2.61 bits per heavy atom. The lowest BCUT2D eigenvalue weighted by Crippen LogP contribution is -2.32. The summed E-state index contributed by atoms with van der Waals surface area (Å²) in [5, 5.41) is 3.70. The van der Waals surface area contributed by atoms with Gasteiger partial charge >= 0.3 is 5.97 Å². The second-order valence-corrected chi connectivity index (χ2v) is 6.09. The molecule has 2 amide bonds. The molecule has 0 spiro atoms. The number of rotatable bonds is 4. The Hall–Kier alpha value is -1.04. The van der Waals surface area contributed by atoms with E-state index in [-0.39, 0.29) is 25.2 Å². The van der Waals surface area contributed by atoms with E-state index >= 15 is 0 Å². The molecule has 0 bridgehead atoms. The highest BCUT2D eigenvalue weighted by molar-refractivity contribution is 8.71. The van der Waals surface area contributed by atoms with Crippen molar-refractivity contribution < 1.29 is 19.2 Å². The van der Waals surface area contributed by atoms with Gasteiger partial charge in [-0.1, -0.05) is 33.1 Å². The fourth-order valence-corrected chi connectivity index (χ4v) is 2.49. The molecule has 0 radical (unpaired) electrons. The fraction of sp³-hybridized carbons (Fsp3) is 0.636. The first-order valence-corrected chi connectivity index (χ1v) is 8.12. The summed E-state index contributed by atoms with van der Waals surface area (Å²) in [5.74, 6) is -1.30. The van der Waals surface area contributed by atoms with E-state index in [1.54, 1.807) is 10.8 Å². The van der Waals surface area contributed by atoms with Crippen LogP contribution in [0.2, 0.25) is 0 Å². The van der Waals surface area contributed by atoms with Crippen molar-refractivity contribution in [1.82, 2.24) is 5.06 Å². The van der Waals surface area contributed by atoms with Crippen LogP contribution in [-0.4, -0.2) is 29.1 Å². The van der Waals surface area contributed by atoms with Crippen LogP contribution in [-0.2, 0) is 19.2 Å². The van der Waals surface area contributed by atoms with Crippen molar-refractivity contribution in [1.29, 1.82) is 0 Å². The number of carbonyl (C=O) groups is 3. The highest BCUT2D eigenvalue weighted by Gasteiger charge is 2.32. The van der Waals surface area contributed by atoms with Crippen LogP contribution >= 0.6 is 21.0 Å². The molecule has 0 aromatic rings. The highest BCUT2D eigenvalue weighted by Crippen LogP contribution is 2.15. The van der Waals surface area contributed by atoms with Crippen molar-refractivity contribution in [3.63, 3.8) is 0 Å². The number of imide groups is 1. The first-order chi connectivity index (χ1) is 8.54. The van der Waals surface area contributed by atoms with E-state index in [1.807, 2.05) is 13.2 Å². The van der Waals surface area contributed by atoms with Gasteiger partial charge < -0.3 is 4.84 Å². The molecule has 1 aliphatic rings. The summed E-state index contributed by atoms with van der Waals surface area (Å²) >= 11 is 0. The lowest BCUT2D eigenvalue weighted by atomic mass is 10.1. The summed E-state index contributed by atoms with van der Waals surface area (Å²) in [6.07, 6.45) is 2.94. The second kappa shape index (κ2) is 7.41. The average molecular weight is 289 g/mol. The fourth-order valence-electron chi connectivity index (χ4n) is 1.33. The zero-order valence-corrected chi connectivity index (χ0v) is 11.9. The van der Waals surface area contributed by atoms with Crippen LogP contribution in [0.3, 0.4) is 0 Å². The maximum Gasteiger partial charge on any atom is 0.333 e. The maximum atomic E-state index is 11.5. The third-order valence-corrected chi connectivity index (χ3v) is 3.77. The molecule has 1 aliphatic heterocycles. The van der Waals surface area contributed by atoms with Crippen LogP contribution in [0.25, 0.3) is 0 Å². The molecule has 1 fully saturated rings. The van der Waals surface area contributed by atoms with Crippen molar-refractivity contribution in [3.8, 4) is 5.18 Å². The molecular formula is C11H15NO4S2. The van der Waals surface area contributed by atoms with Gasteiger partial charge in [-0.05, 0) is 12.7 Å². The van der Waals surface area contributed by atoms with Gasteiger partial charge in [0, 0.05) is 25.2 Å². The zero-order chi connectivity index (χ0) is 13.5. The molecule has 1 rings (SSSR count). The molecule has 1 atom stereocenters. The van der Waals surface area contributed by atoms with Gasteiger partial charge in [0.2, 0.25) is 0 Å². The van der Waals surface area contributed by atoms with E-state index in [4.69, 9.17) is 4.84 Å².